The van der Waals surface area contributed by atoms with Gasteiger partial charge in [0.25, 0.3) is 0 Å². The number of carbonyl (C=O) groups is 2. The molecule has 1 aromatic heterocycles. The average Bonchev–Trinajstić information content (AvgIpc) is 2.73. The summed E-state index contributed by atoms with van der Waals surface area (Å²) in [6, 6.07) is -0.370. The van der Waals surface area contributed by atoms with Gasteiger partial charge < -0.3 is 19.5 Å². The van der Waals surface area contributed by atoms with E-state index >= 15 is 0 Å². The molecule has 0 aliphatic carbocycles. The molecule has 0 atom stereocenters. The van der Waals surface area contributed by atoms with Gasteiger partial charge in [-0.1, -0.05) is 6.08 Å². The fourth-order valence-electron chi connectivity index (χ4n) is 1.60. The van der Waals surface area contributed by atoms with Crippen molar-refractivity contribution >= 4 is 12.0 Å². The Labute approximate surface area is 111 Å². The molecule has 7 nitrogen and oxygen atoms in total. The predicted octanol–water partition coefficient (Wildman–Crippen LogP) is 0.544. The number of hydrogen-bond acceptors (Lipinski definition) is 3. The van der Waals surface area contributed by atoms with Crippen LogP contribution >= 0.6 is 0 Å². The van der Waals surface area contributed by atoms with Crippen LogP contribution in [0.25, 0.3) is 0 Å². The second-order valence-corrected chi connectivity index (χ2v) is 4.16. The lowest BCUT2D eigenvalue weighted by atomic mass is 10.4. The monoisotopic (exact) mass is 266 g/mol. The van der Waals surface area contributed by atoms with E-state index in [1.807, 2.05) is 7.05 Å². The smallest absolute Gasteiger partial charge is 0.323 e. The zero-order chi connectivity index (χ0) is 14.4. The third-order valence-electron chi connectivity index (χ3n) is 2.57. The Morgan fingerprint density at radius 1 is 1.58 bits per heavy atom. The molecule has 0 aliphatic heterocycles. The number of hydrogen-bond donors (Lipinski definition) is 1. The van der Waals surface area contributed by atoms with Crippen LogP contribution in [0.4, 0.5) is 4.79 Å². The van der Waals surface area contributed by atoms with Crippen molar-refractivity contribution in [3.05, 3.63) is 30.9 Å². The molecule has 0 unspecified atom stereocenters. The van der Waals surface area contributed by atoms with Crippen molar-refractivity contribution in [3.63, 3.8) is 0 Å². The summed E-state index contributed by atoms with van der Waals surface area (Å²) in [6.45, 7) is 3.67. The predicted molar refractivity (Wildman–Crippen MR) is 69.5 cm³/mol. The van der Waals surface area contributed by atoms with Gasteiger partial charge in [-0.05, 0) is 0 Å². The summed E-state index contributed by atoms with van der Waals surface area (Å²) >= 11 is 0. The molecule has 2 amide bonds. The molecule has 1 rings (SSSR count). The van der Waals surface area contributed by atoms with Crippen LogP contribution < -0.4 is 0 Å². The van der Waals surface area contributed by atoms with Crippen LogP contribution in [0.15, 0.2) is 25.0 Å². The fraction of sp³-hybridized carbons (Fsp3) is 0.417. The van der Waals surface area contributed by atoms with E-state index in [0.717, 1.165) is 5.82 Å². The molecule has 0 radical (unpaired) electrons. The molecule has 0 aliphatic rings. The number of aryl methyl sites for hydroxylation is 1. The molecular formula is C12H18N4O3. The van der Waals surface area contributed by atoms with Crippen LogP contribution in [0, 0.1) is 0 Å². The van der Waals surface area contributed by atoms with Crippen LogP contribution in [0.5, 0.6) is 0 Å². The van der Waals surface area contributed by atoms with Crippen molar-refractivity contribution in [3.8, 4) is 0 Å². The summed E-state index contributed by atoms with van der Waals surface area (Å²) in [6.07, 6.45) is 4.92. The SMILES string of the molecule is C=CCN(CC(=O)O)C(=O)N(C)Cc1nccn1C. The maximum absolute atomic E-state index is 12.1. The number of carboxylic acids is 1. The van der Waals surface area contributed by atoms with E-state index in [4.69, 9.17) is 5.11 Å². The molecule has 1 aromatic rings. The lowest BCUT2D eigenvalue weighted by Gasteiger charge is -2.25. The lowest BCUT2D eigenvalue weighted by Crippen LogP contribution is -2.43. The number of rotatable bonds is 6. The number of aliphatic carboxylic acids is 1. The third kappa shape index (κ3) is 4.13. The minimum atomic E-state index is -1.06. The van der Waals surface area contributed by atoms with Crippen molar-refractivity contribution in [2.45, 2.75) is 6.54 Å². The third-order valence-corrected chi connectivity index (χ3v) is 2.57. The number of aromatic nitrogens is 2. The van der Waals surface area contributed by atoms with E-state index in [0.29, 0.717) is 6.54 Å². The molecule has 1 N–H and O–H groups in total. The molecule has 0 saturated heterocycles. The Hall–Kier alpha value is -2.31. The number of carbonyl (C=O) groups excluding carboxylic acids is 1. The molecule has 0 aromatic carbocycles. The molecule has 19 heavy (non-hydrogen) atoms. The van der Waals surface area contributed by atoms with Crippen molar-refractivity contribution in [1.82, 2.24) is 19.4 Å². The first-order valence-electron chi connectivity index (χ1n) is 5.74. The second kappa shape index (κ2) is 6.58. The molecule has 0 fully saturated rings. The highest BCUT2D eigenvalue weighted by Gasteiger charge is 2.20. The zero-order valence-electron chi connectivity index (χ0n) is 11.1. The van der Waals surface area contributed by atoms with Gasteiger partial charge in [0.2, 0.25) is 0 Å². The van der Waals surface area contributed by atoms with Gasteiger partial charge in [-0.2, -0.15) is 0 Å². The van der Waals surface area contributed by atoms with Crippen LogP contribution in [-0.4, -0.2) is 56.6 Å². The van der Waals surface area contributed by atoms with Gasteiger partial charge in [0, 0.05) is 33.0 Å². The maximum atomic E-state index is 12.1. The van der Waals surface area contributed by atoms with Crippen LogP contribution in [0.1, 0.15) is 5.82 Å². The Kier molecular flexibility index (Phi) is 5.11. The highest BCUT2D eigenvalue weighted by Crippen LogP contribution is 2.04. The van der Waals surface area contributed by atoms with Gasteiger partial charge in [-0.3, -0.25) is 4.79 Å². The van der Waals surface area contributed by atoms with Gasteiger partial charge in [-0.25, -0.2) is 9.78 Å². The van der Waals surface area contributed by atoms with E-state index < -0.39 is 5.97 Å². The van der Waals surface area contributed by atoms with Crippen molar-refractivity contribution in [2.24, 2.45) is 7.05 Å². The summed E-state index contributed by atoms with van der Waals surface area (Å²) < 4.78 is 1.80. The van der Waals surface area contributed by atoms with E-state index in [-0.39, 0.29) is 19.1 Å². The lowest BCUT2D eigenvalue weighted by molar-refractivity contribution is -0.137. The van der Waals surface area contributed by atoms with Crippen LogP contribution in [-0.2, 0) is 18.4 Å². The molecule has 0 saturated carbocycles. The molecule has 1 heterocycles. The largest absolute Gasteiger partial charge is 0.480 e. The standard InChI is InChI=1S/C12H18N4O3/c1-4-6-16(9-11(17)18)12(19)15(3)8-10-13-5-7-14(10)2/h4-5,7H,1,6,8-9H2,2-3H3,(H,17,18). The van der Waals surface area contributed by atoms with Gasteiger partial charge in [0.1, 0.15) is 12.4 Å². The van der Waals surface area contributed by atoms with Gasteiger partial charge >= 0.3 is 12.0 Å². The summed E-state index contributed by atoms with van der Waals surface area (Å²) in [5, 5.41) is 8.78. The van der Waals surface area contributed by atoms with Gasteiger partial charge in [-0.15, -0.1) is 6.58 Å². The summed E-state index contributed by atoms with van der Waals surface area (Å²) in [7, 11) is 3.44. The Bertz CT molecular complexity index is 469. The fourth-order valence-corrected chi connectivity index (χ4v) is 1.60. The normalized spacial score (nSPS) is 10.0. The van der Waals surface area contributed by atoms with Gasteiger partial charge in [0.15, 0.2) is 0 Å². The molecule has 104 valence electrons. The van der Waals surface area contributed by atoms with Crippen molar-refractivity contribution in [1.29, 1.82) is 0 Å². The number of amides is 2. The Balaban J connectivity index is 2.70. The van der Waals surface area contributed by atoms with Crippen molar-refractivity contribution < 1.29 is 14.7 Å². The molecular weight excluding hydrogens is 248 g/mol. The van der Waals surface area contributed by atoms with E-state index in [9.17, 15) is 9.59 Å². The highest BCUT2D eigenvalue weighted by atomic mass is 16.4. The quantitative estimate of drug-likeness (QED) is 0.762. The average molecular weight is 266 g/mol. The number of imidazole rings is 1. The topological polar surface area (TPSA) is 78.7 Å². The molecule has 7 heteroatoms. The highest BCUT2D eigenvalue weighted by molar-refractivity contribution is 5.80. The molecule has 0 bridgehead atoms. The number of urea groups is 1. The number of nitrogens with zero attached hydrogens (tertiary/aromatic N) is 4. The maximum Gasteiger partial charge on any atom is 0.323 e. The van der Waals surface area contributed by atoms with Crippen molar-refractivity contribution in [2.75, 3.05) is 20.1 Å². The summed E-state index contributed by atoms with van der Waals surface area (Å²) in [5.41, 5.74) is 0. The van der Waals surface area contributed by atoms with E-state index in [2.05, 4.69) is 11.6 Å². The first-order valence-corrected chi connectivity index (χ1v) is 5.74. The summed E-state index contributed by atoms with van der Waals surface area (Å²) in [4.78, 5) is 29.6. The second-order valence-electron chi connectivity index (χ2n) is 4.16. The number of carboxylic acid groups (broad SMARTS) is 1. The van der Waals surface area contributed by atoms with Crippen LogP contribution in [0.2, 0.25) is 0 Å². The minimum Gasteiger partial charge on any atom is -0.480 e. The zero-order valence-corrected chi connectivity index (χ0v) is 11.1. The Morgan fingerprint density at radius 2 is 2.26 bits per heavy atom. The first kappa shape index (κ1) is 14.7. The minimum absolute atomic E-state index is 0.191. The van der Waals surface area contributed by atoms with Gasteiger partial charge in [0.05, 0.1) is 6.54 Å². The van der Waals surface area contributed by atoms with Crippen LogP contribution in [0.3, 0.4) is 0 Å². The van der Waals surface area contributed by atoms with E-state index in [1.54, 1.807) is 24.0 Å². The molecule has 0 spiro atoms. The first-order chi connectivity index (χ1) is 8.95. The van der Waals surface area contributed by atoms with E-state index in [1.165, 1.54) is 15.9 Å². The Morgan fingerprint density at radius 3 is 2.74 bits per heavy atom. The summed E-state index contributed by atoms with van der Waals surface area (Å²) in [5.74, 6) is -0.328.